The number of aromatic nitrogens is 3. The van der Waals surface area contributed by atoms with Gasteiger partial charge in [0, 0.05) is 17.8 Å². The molecule has 152 valence electrons. The van der Waals surface area contributed by atoms with Gasteiger partial charge in [0.2, 0.25) is 0 Å². The lowest BCUT2D eigenvalue weighted by atomic mass is 10.1. The predicted molar refractivity (Wildman–Crippen MR) is 100 cm³/mol. The van der Waals surface area contributed by atoms with Crippen LogP contribution in [0.1, 0.15) is 28.8 Å². The number of piperidine rings is 1. The quantitative estimate of drug-likeness (QED) is 0.623. The third-order valence-corrected chi connectivity index (χ3v) is 4.92. The minimum absolute atomic E-state index is 0.0326. The van der Waals surface area contributed by atoms with Crippen LogP contribution in [0.2, 0.25) is 0 Å². The average molecular weight is 405 g/mol. The van der Waals surface area contributed by atoms with Crippen molar-refractivity contribution in [3.8, 4) is 5.82 Å². The molecule has 0 bridgehead atoms. The largest absolute Gasteiger partial charge is 0.417 e. The van der Waals surface area contributed by atoms with Crippen LogP contribution >= 0.6 is 0 Å². The van der Waals surface area contributed by atoms with Crippen molar-refractivity contribution in [3.63, 3.8) is 0 Å². The van der Waals surface area contributed by atoms with Crippen molar-refractivity contribution < 1.29 is 18.0 Å². The Morgan fingerprint density at radius 3 is 2.59 bits per heavy atom. The summed E-state index contributed by atoms with van der Waals surface area (Å²) in [5, 5.41) is 6.20. The predicted octanol–water partition coefficient (Wildman–Crippen LogP) is 2.21. The molecule has 1 aromatic carbocycles. The number of pyridine rings is 1. The minimum atomic E-state index is -4.52. The molecular formula is C19H18F3N5O2. The van der Waals surface area contributed by atoms with Crippen molar-refractivity contribution in [2.24, 2.45) is 0 Å². The third-order valence-electron chi connectivity index (χ3n) is 4.92. The molecule has 0 radical (unpaired) electrons. The SMILES string of the molecule is O=C(NC1CCNCC1)c1ccc2[nH]c(=O)n(-c3ccc(C(F)(F)F)cn3)c2c1. The number of nitrogens with one attached hydrogen (secondary N) is 3. The van der Waals surface area contributed by atoms with E-state index < -0.39 is 17.4 Å². The zero-order chi connectivity index (χ0) is 20.6. The number of hydrogen-bond donors (Lipinski definition) is 3. The van der Waals surface area contributed by atoms with Crippen molar-refractivity contribution in [3.05, 3.63) is 58.1 Å². The highest BCUT2D eigenvalue weighted by molar-refractivity contribution is 5.97. The number of H-pyrrole nitrogens is 1. The summed E-state index contributed by atoms with van der Waals surface area (Å²) >= 11 is 0. The Morgan fingerprint density at radius 2 is 1.93 bits per heavy atom. The molecule has 10 heteroatoms. The van der Waals surface area contributed by atoms with Gasteiger partial charge in [-0.05, 0) is 56.3 Å². The number of carbonyl (C=O) groups is 1. The Morgan fingerprint density at radius 1 is 1.17 bits per heavy atom. The maximum Gasteiger partial charge on any atom is 0.417 e. The lowest BCUT2D eigenvalue weighted by Gasteiger charge is -2.23. The maximum atomic E-state index is 12.8. The number of rotatable bonds is 3. The molecule has 7 nitrogen and oxygen atoms in total. The number of benzene rings is 1. The highest BCUT2D eigenvalue weighted by atomic mass is 19.4. The van der Waals surface area contributed by atoms with Crippen LogP contribution in [0.25, 0.3) is 16.9 Å². The van der Waals surface area contributed by atoms with Crippen LogP contribution in [-0.4, -0.2) is 39.6 Å². The van der Waals surface area contributed by atoms with Crippen LogP contribution in [0.15, 0.2) is 41.3 Å². The molecule has 0 spiro atoms. The normalized spacial score (nSPS) is 15.6. The molecule has 0 unspecified atom stereocenters. The van der Waals surface area contributed by atoms with Gasteiger partial charge in [-0.2, -0.15) is 13.2 Å². The van der Waals surface area contributed by atoms with Crippen LogP contribution < -0.4 is 16.3 Å². The molecule has 1 amide bonds. The zero-order valence-corrected chi connectivity index (χ0v) is 15.2. The van der Waals surface area contributed by atoms with Gasteiger partial charge in [-0.1, -0.05) is 0 Å². The molecule has 4 rings (SSSR count). The lowest BCUT2D eigenvalue weighted by Crippen LogP contribution is -2.42. The summed E-state index contributed by atoms with van der Waals surface area (Å²) in [4.78, 5) is 31.4. The molecule has 1 saturated heterocycles. The van der Waals surface area contributed by atoms with E-state index >= 15 is 0 Å². The van der Waals surface area contributed by atoms with Gasteiger partial charge in [-0.25, -0.2) is 14.3 Å². The summed E-state index contributed by atoms with van der Waals surface area (Å²) in [5.74, 6) is -0.232. The van der Waals surface area contributed by atoms with E-state index in [-0.39, 0.29) is 17.8 Å². The first-order chi connectivity index (χ1) is 13.8. The first-order valence-corrected chi connectivity index (χ1v) is 9.13. The van der Waals surface area contributed by atoms with Crippen LogP contribution in [0.3, 0.4) is 0 Å². The Balaban J connectivity index is 1.68. The number of aromatic amines is 1. The summed E-state index contributed by atoms with van der Waals surface area (Å²) in [6, 6.07) is 6.78. The minimum Gasteiger partial charge on any atom is -0.349 e. The lowest BCUT2D eigenvalue weighted by molar-refractivity contribution is -0.137. The van der Waals surface area contributed by atoms with E-state index in [0.717, 1.165) is 42.6 Å². The van der Waals surface area contributed by atoms with Crippen molar-refractivity contribution in [1.82, 2.24) is 25.2 Å². The fourth-order valence-corrected chi connectivity index (χ4v) is 3.39. The number of alkyl halides is 3. The molecule has 1 fully saturated rings. The summed E-state index contributed by atoms with van der Waals surface area (Å²) in [6.45, 7) is 1.67. The number of fused-ring (bicyclic) bond motifs is 1. The maximum absolute atomic E-state index is 12.8. The number of carbonyl (C=O) groups excluding carboxylic acids is 1. The Kier molecular flexibility index (Phi) is 4.87. The van der Waals surface area contributed by atoms with E-state index in [1.54, 1.807) is 12.1 Å². The van der Waals surface area contributed by atoms with E-state index in [4.69, 9.17) is 0 Å². The van der Waals surface area contributed by atoms with Crippen molar-refractivity contribution in [1.29, 1.82) is 0 Å². The molecule has 0 aliphatic carbocycles. The fourth-order valence-electron chi connectivity index (χ4n) is 3.39. The first kappa shape index (κ1) is 19.2. The van der Waals surface area contributed by atoms with Gasteiger partial charge in [0.1, 0.15) is 5.82 Å². The molecule has 0 atom stereocenters. The van der Waals surface area contributed by atoms with Gasteiger partial charge in [0.25, 0.3) is 5.91 Å². The van der Waals surface area contributed by atoms with E-state index in [2.05, 4.69) is 20.6 Å². The van der Waals surface area contributed by atoms with Crippen LogP contribution in [-0.2, 0) is 6.18 Å². The molecule has 3 aromatic rings. The van der Waals surface area contributed by atoms with Gasteiger partial charge in [-0.15, -0.1) is 0 Å². The second-order valence-electron chi connectivity index (χ2n) is 6.90. The molecule has 3 N–H and O–H groups in total. The second kappa shape index (κ2) is 7.36. The molecule has 1 aliphatic rings. The van der Waals surface area contributed by atoms with E-state index in [1.807, 2.05) is 0 Å². The highest BCUT2D eigenvalue weighted by Crippen LogP contribution is 2.29. The van der Waals surface area contributed by atoms with E-state index in [0.29, 0.717) is 22.8 Å². The summed E-state index contributed by atoms with van der Waals surface area (Å²) < 4.78 is 39.4. The Bertz CT molecular complexity index is 1100. The van der Waals surface area contributed by atoms with Crippen LogP contribution in [0.4, 0.5) is 13.2 Å². The number of nitrogens with zero attached hydrogens (tertiary/aromatic N) is 2. The van der Waals surface area contributed by atoms with E-state index in [1.165, 1.54) is 6.07 Å². The standard InChI is InChI=1S/C19H18F3N5O2/c20-19(21,22)12-2-4-16(24-10-12)27-15-9-11(1-3-14(15)26-18(27)29)17(28)25-13-5-7-23-8-6-13/h1-4,9-10,13,23H,5-8H2,(H,25,28)(H,26,29). The Hall–Kier alpha value is -3.14. The number of imidazole rings is 1. The first-order valence-electron chi connectivity index (χ1n) is 9.13. The van der Waals surface area contributed by atoms with Crippen LogP contribution in [0, 0.1) is 0 Å². The highest BCUT2D eigenvalue weighted by Gasteiger charge is 2.30. The number of halogens is 3. The van der Waals surface area contributed by atoms with Crippen LogP contribution in [0.5, 0.6) is 0 Å². The molecule has 1 aliphatic heterocycles. The van der Waals surface area contributed by atoms with Gasteiger partial charge in [-0.3, -0.25) is 4.79 Å². The van der Waals surface area contributed by atoms with Crippen molar-refractivity contribution >= 4 is 16.9 Å². The van der Waals surface area contributed by atoms with Gasteiger partial charge in [0.05, 0.1) is 16.6 Å². The summed E-state index contributed by atoms with van der Waals surface area (Å²) in [5.41, 5.74) is -0.287. The van der Waals surface area contributed by atoms with Gasteiger partial charge < -0.3 is 15.6 Å². The third kappa shape index (κ3) is 3.88. The topological polar surface area (TPSA) is 91.8 Å². The molecule has 2 aromatic heterocycles. The van der Waals surface area contributed by atoms with Gasteiger partial charge >= 0.3 is 11.9 Å². The summed E-state index contributed by atoms with van der Waals surface area (Å²) in [7, 11) is 0. The number of hydrogen-bond acceptors (Lipinski definition) is 4. The molecule has 29 heavy (non-hydrogen) atoms. The zero-order valence-electron chi connectivity index (χ0n) is 15.2. The van der Waals surface area contributed by atoms with E-state index in [9.17, 15) is 22.8 Å². The summed E-state index contributed by atoms with van der Waals surface area (Å²) in [6.07, 6.45) is -2.18. The second-order valence-corrected chi connectivity index (χ2v) is 6.90. The monoisotopic (exact) mass is 405 g/mol. The molecular weight excluding hydrogens is 387 g/mol. The van der Waals surface area contributed by atoms with Gasteiger partial charge in [0.15, 0.2) is 0 Å². The molecule has 0 saturated carbocycles. The smallest absolute Gasteiger partial charge is 0.349 e. The Labute approximate surface area is 162 Å². The number of amides is 1. The van der Waals surface area contributed by atoms with Crippen molar-refractivity contribution in [2.75, 3.05) is 13.1 Å². The average Bonchev–Trinajstić information content (AvgIpc) is 3.03. The van der Waals surface area contributed by atoms with Crippen molar-refractivity contribution in [2.45, 2.75) is 25.1 Å². The fraction of sp³-hybridized carbons (Fsp3) is 0.316. The molecule has 3 heterocycles.